The van der Waals surface area contributed by atoms with Crippen LogP contribution in [-0.2, 0) is 4.79 Å². The number of fused-ring (bicyclic) bond motifs is 1. The average molecular weight is 438 g/mol. The lowest BCUT2D eigenvalue weighted by Gasteiger charge is -2.18. The summed E-state index contributed by atoms with van der Waals surface area (Å²) in [5.74, 6) is 2.49. The zero-order valence-electron chi connectivity index (χ0n) is 18.3. The van der Waals surface area contributed by atoms with Gasteiger partial charge in [0.25, 0.3) is 0 Å². The number of aromatic nitrogens is 2. The number of aryl methyl sites for hydroxylation is 2. The first-order chi connectivity index (χ1) is 15.0. The lowest BCUT2D eigenvalue weighted by molar-refractivity contribution is -0.113. The SMILES string of the molecule is CCCOc1ccc([C@H]2SCC(=O)Nc3c2c(C)nn3-c2cccc(C)c2)cc1OC. The maximum Gasteiger partial charge on any atom is 0.235 e. The Morgan fingerprint density at radius 3 is 2.77 bits per heavy atom. The van der Waals surface area contributed by atoms with Gasteiger partial charge in [0, 0.05) is 5.56 Å². The number of thioether (sulfide) groups is 1. The van der Waals surface area contributed by atoms with Crippen LogP contribution in [0.3, 0.4) is 0 Å². The Morgan fingerprint density at radius 1 is 1.19 bits per heavy atom. The van der Waals surface area contributed by atoms with Gasteiger partial charge in [0.1, 0.15) is 5.82 Å². The molecular weight excluding hydrogens is 410 g/mol. The number of benzene rings is 2. The molecule has 2 heterocycles. The average Bonchev–Trinajstić information content (AvgIpc) is 2.97. The molecule has 0 fully saturated rings. The van der Waals surface area contributed by atoms with E-state index in [0.29, 0.717) is 18.1 Å². The van der Waals surface area contributed by atoms with E-state index in [1.807, 2.05) is 54.9 Å². The number of hydrogen-bond donors (Lipinski definition) is 1. The van der Waals surface area contributed by atoms with Crippen molar-refractivity contribution >= 4 is 23.5 Å². The Balaban J connectivity index is 1.81. The molecule has 7 heteroatoms. The highest BCUT2D eigenvalue weighted by molar-refractivity contribution is 8.00. The maximum absolute atomic E-state index is 12.6. The monoisotopic (exact) mass is 437 g/mol. The second-order valence-corrected chi connectivity index (χ2v) is 8.69. The first-order valence-electron chi connectivity index (χ1n) is 10.4. The fourth-order valence-electron chi connectivity index (χ4n) is 3.77. The molecule has 1 aliphatic heterocycles. The molecule has 0 bridgehead atoms. The molecule has 0 spiro atoms. The number of amides is 1. The number of methoxy groups -OCH3 is 1. The molecule has 31 heavy (non-hydrogen) atoms. The first kappa shape index (κ1) is 21.3. The van der Waals surface area contributed by atoms with Crippen molar-refractivity contribution in [2.75, 3.05) is 24.8 Å². The van der Waals surface area contributed by atoms with E-state index in [2.05, 4.69) is 18.3 Å². The second-order valence-electron chi connectivity index (χ2n) is 7.60. The molecule has 0 unspecified atom stereocenters. The topological polar surface area (TPSA) is 65.4 Å². The predicted molar refractivity (Wildman–Crippen MR) is 125 cm³/mol. The Kier molecular flexibility index (Phi) is 6.23. The van der Waals surface area contributed by atoms with Crippen LogP contribution in [0, 0.1) is 13.8 Å². The summed E-state index contributed by atoms with van der Waals surface area (Å²) in [5, 5.41) is 7.82. The molecule has 0 aliphatic carbocycles. The summed E-state index contributed by atoms with van der Waals surface area (Å²) < 4.78 is 13.2. The van der Waals surface area contributed by atoms with Gasteiger partial charge in [0.2, 0.25) is 5.91 Å². The molecular formula is C24H27N3O3S. The number of rotatable bonds is 6. The summed E-state index contributed by atoms with van der Waals surface area (Å²) in [5.41, 5.74) is 5.02. The highest BCUT2D eigenvalue weighted by atomic mass is 32.2. The van der Waals surface area contributed by atoms with E-state index < -0.39 is 0 Å². The number of nitrogens with one attached hydrogen (secondary N) is 1. The quantitative estimate of drug-likeness (QED) is 0.584. The smallest absolute Gasteiger partial charge is 0.235 e. The molecule has 1 aromatic heterocycles. The molecule has 6 nitrogen and oxygen atoms in total. The lowest BCUT2D eigenvalue weighted by atomic mass is 10.0. The third-order valence-corrected chi connectivity index (χ3v) is 6.48. The van der Waals surface area contributed by atoms with Crippen LogP contribution in [0.25, 0.3) is 5.69 Å². The normalized spacial score (nSPS) is 15.7. The molecule has 3 aromatic rings. The second kappa shape index (κ2) is 9.06. The van der Waals surface area contributed by atoms with Crippen LogP contribution in [0.2, 0.25) is 0 Å². The van der Waals surface area contributed by atoms with Crippen LogP contribution >= 0.6 is 11.8 Å². The molecule has 1 aliphatic rings. The Labute approximate surface area is 186 Å². The van der Waals surface area contributed by atoms with Crippen molar-refractivity contribution in [1.82, 2.24) is 9.78 Å². The highest BCUT2D eigenvalue weighted by Crippen LogP contribution is 2.45. The third kappa shape index (κ3) is 4.28. The van der Waals surface area contributed by atoms with Crippen molar-refractivity contribution in [3.05, 3.63) is 64.8 Å². The molecule has 1 amide bonds. The molecule has 1 atom stereocenters. The minimum Gasteiger partial charge on any atom is -0.493 e. The molecule has 1 N–H and O–H groups in total. The number of carbonyl (C=O) groups excluding carboxylic acids is 1. The van der Waals surface area contributed by atoms with Crippen LogP contribution in [0.4, 0.5) is 5.82 Å². The Morgan fingerprint density at radius 2 is 2.03 bits per heavy atom. The number of hydrogen-bond acceptors (Lipinski definition) is 5. The third-order valence-electron chi connectivity index (χ3n) is 5.21. The minimum atomic E-state index is -0.0540. The number of nitrogens with zero attached hydrogens (tertiary/aromatic N) is 2. The van der Waals surface area contributed by atoms with E-state index in [9.17, 15) is 4.79 Å². The zero-order chi connectivity index (χ0) is 22.0. The summed E-state index contributed by atoms with van der Waals surface area (Å²) in [6.45, 7) is 6.75. The van der Waals surface area contributed by atoms with Gasteiger partial charge in [-0.3, -0.25) is 4.79 Å². The van der Waals surface area contributed by atoms with Gasteiger partial charge in [-0.05, 0) is 55.7 Å². The Hall–Kier alpha value is -2.93. The summed E-state index contributed by atoms with van der Waals surface area (Å²) in [6.07, 6.45) is 0.928. The molecule has 4 rings (SSSR count). The molecule has 0 saturated heterocycles. The van der Waals surface area contributed by atoms with Gasteiger partial charge in [-0.2, -0.15) is 5.10 Å². The van der Waals surface area contributed by atoms with Crippen LogP contribution in [0.5, 0.6) is 11.5 Å². The van der Waals surface area contributed by atoms with Gasteiger partial charge in [0.15, 0.2) is 11.5 Å². The Bertz CT molecular complexity index is 1110. The fraction of sp³-hybridized carbons (Fsp3) is 0.333. The van der Waals surface area contributed by atoms with Crippen molar-refractivity contribution in [1.29, 1.82) is 0 Å². The maximum atomic E-state index is 12.6. The predicted octanol–water partition coefficient (Wildman–Crippen LogP) is 5.06. The van der Waals surface area contributed by atoms with Gasteiger partial charge in [-0.15, -0.1) is 11.8 Å². The van der Waals surface area contributed by atoms with Crippen molar-refractivity contribution in [3.63, 3.8) is 0 Å². The van der Waals surface area contributed by atoms with E-state index in [-0.39, 0.29) is 11.2 Å². The standard InChI is InChI=1S/C24H27N3O3S/c1-5-11-30-19-10-9-17(13-20(19)29-4)23-22-16(3)26-27(18-8-6-7-15(2)12-18)24(22)25-21(28)14-31-23/h6-10,12-13,23H,5,11,14H2,1-4H3,(H,25,28)/t23-/m1/s1. The van der Waals surface area contributed by atoms with Crippen molar-refractivity contribution < 1.29 is 14.3 Å². The van der Waals surface area contributed by atoms with Gasteiger partial charge in [-0.25, -0.2) is 4.68 Å². The van der Waals surface area contributed by atoms with E-state index >= 15 is 0 Å². The summed E-state index contributed by atoms with van der Waals surface area (Å²) in [6, 6.07) is 14.1. The molecule has 0 radical (unpaired) electrons. The van der Waals surface area contributed by atoms with E-state index in [4.69, 9.17) is 14.6 Å². The van der Waals surface area contributed by atoms with Crippen LogP contribution < -0.4 is 14.8 Å². The number of ether oxygens (including phenoxy) is 2. The van der Waals surface area contributed by atoms with Crippen molar-refractivity contribution in [2.24, 2.45) is 0 Å². The fourth-order valence-corrected chi connectivity index (χ4v) is 4.95. The van der Waals surface area contributed by atoms with Crippen LogP contribution in [0.1, 0.15) is 41.0 Å². The van der Waals surface area contributed by atoms with E-state index in [1.165, 1.54) is 0 Å². The lowest BCUT2D eigenvalue weighted by Crippen LogP contribution is -2.15. The van der Waals surface area contributed by atoms with Crippen molar-refractivity contribution in [2.45, 2.75) is 32.4 Å². The molecule has 162 valence electrons. The number of anilines is 1. The van der Waals surface area contributed by atoms with Gasteiger partial charge in [-0.1, -0.05) is 25.1 Å². The summed E-state index contributed by atoms with van der Waals surface area (Å²) in [4.78, 5) is 12.6. The zero-order valence-corrected chi connectivity index (χ0v) is 19.1. The highest BCUT2D eigenvalue weighted by Gasteiger charge is 2.31. The van der Waals surface area contributed by atoms with E-state index in [0.717, 1.165) is 46.1 Å². The van der Waals surface area contributed by atoms with E-state index in [1.54, 1.807) is 18.9 Å². The van der Waals surface area contributed by atoms with Crippen LogP contribution in [0.15, 0.2) is 42.5 Å². The summed E-state index contributed by atoms with van der Waals surface area (Å²) >= 11 is 1.59. The van der Waals surface area contributed by atoms with Gasteiger partial charge >= 0.3 is 0 Å². The van der Waals surface area contributed by atoms with Crippen LogP contribution in [-0.4, -0.2) is 35.2 Å². The van der Waals surface area contributed by atoms with Gasteiger partial charge < -0.3 is 14.8 Å². The van der Waals surface area contributed by atoms with Crippen molar-refractivity contribution in [3.8, 4) is 17.2 Å². The summed E-state index contributed by atoms with van der Waals surface area (Å²) in [7, 11) is 1.65. The van der Waals surface area contributed by atoms with Gasteiger partial charge in [0.05, 0.1) is 36.1 Å². The number of carbonyl (C=O) groups is 1. The molecule has 2 aromatic carbocycles. The molecule has 0 saturated carbocycles. The largest absolute Gasteiger partial charge is 0.493 e. The first-order valence-corrected chi connectivity index (χ1v) is 11.5. The minimum absolute atomic E-state index is 0.0302.